The lowest BCUT2D eigenvalue weighted by Crippen LogP contribution is -2.12. The molecular formula is C13H13BrN2O. The van der Waals surface area contributed by atoms with Crippen LogP contribution in [-0.2, 0) is 17.8 Å². The summed E-state index contributed by atoms with van der Waals surface area (Å²) in [5.74, 6) is 0. The first-order chi connectivity index (χ1) is 8.25. The summed E-state index contributed by atoms with van der Waals surface area (Å²) >= 11 is 3.49. The molecule has 0 spiro atoms. The van der Waals surface area contributed by atoms with Gasteiger partial charge in [0.05, 0.1) is 30.3 Å². The van der Waals surface area contributed by atoms with Gasteiger partial charge in [0, 0.05) is 10.0 Å². The van der Waals surface area contributed by atoms with Gasteiger partial charge >= 0.3 is 0 Å². The molecule has 1 aromatic heterocycles. The lowest BCUT2D eigenvalue weighted by Gasteiger charge is -2.15. The van der Waals surface area contributed by atoms with Gasteiger partial charge in [0.25, 0.3) is 0 Å². The van der Waals surface area contributed by atoms with E-state index in [2.05, 4.69) is 40.1 Å². The van der Waals surface area contributed by atoms with Crippen LogP contribution in [0.2, 0.25) is 0 Å². The monoisotopic (exact) mass is 292 g/mol. The minimum Gasteiger partial charge on any atom is -0.375 e. The molecule has 0 unspecified atom stereocenters. The third-order valence-electron chi connectivity index (χ3n) is 3.08. The molecule has 0 atom stereocenters. The molecule has 1 aliphatic heterocycles. The second-order valence-corrected chi connectivity index (χ2v) is 5.12. The highest BCUT2D eigenvalue weighted by atomic mass is 79.9. The molecule has 1 aliphatic rings. The molecular weight excluding hydrogens is 280 g/mol. The molecule has 0 saturated heterocycles. The van der Waals surface area contributed by atoms with Gasteiger partial charge in [0.2, 0.25) is 0 Å². The van der Waals surface area contributed by atoms with Crippen LogP contribution in [0.15, 0.2) is 28.7 Å². The number of hydrogen-bond donors (Lipinski definition) is 0. The molecule has 3 rings (SSSR count). The Hall–Kier alpha value is -1.13. The Morgan fingerprint density at radius 2 is 2.29 bits per heavy atom. The van der Waals surface area contributed by atoms with Crippen molar-refractivity contribution >= 4 is 15.9 Å². The fourth-order valence-electron chi connectivity index (χ4n) is 2.25. The second-order valence-electron chi connectivity index (χ2n) is 4.20. The molecule has 0 radical (unpaired) electrons. The van der Waals surface area contributed by atoms with Crippen molar-refractivity contribution in [2.24, 2.45) is 0 Å². The average molecular weight is 293 g/mol. The molecule has 0 amide bonds. The Balaban J connectivity index is 2.15. The van der Waals surface area contributed by atoms with Crippen molar-refractivity contribution in [3.8, 4) is 5.69 Å². The summed E-state index contributed by atoms with van der Waals surface area (Å²) in [6.45, 7) is 3.53. The fourth-order valence-corrected chi connectivity index (χ4v) is 2.63. The van der Waals surface area contributed by atoms with Crippen LogP contribution >= 0.6 is 15.9 Å². The van der Waals surface area contributed by atoms with E-state index in [1.54, 1.807) is 0 Å². The predicted molar refractivity (Wildman–Crippen MR) is 69.4 cm³/mol. The molecule has 1 aromatic carbocycles. The number of ether oxygens (including phenoxy) is 1. The molecule has 0 fully saturated rings. The number of benzene rings is 1. The maximum Gasteiger partial charge on any atom is 0.0892 e. The Morgan fingerprint density at radius 1 is 1.41 bits per heavy atom. The number of halogens is 1. The Morgan fingerprint density at radius 3 is 3.12 bits per heavy atom. The number of aryl methyl sites for hydroxylation is 1. The van der Waals surface area contributed by atoms with E-state index < -0.39 is 0 Å². The number of nitrogens with zero attached hydrogens (tertiary/aromatic N) is 2. The molecule has 17 heavy (non-hydrogen) atoms. The van der Waals surface area contributed by atoms with Crippen molar-refractivity contribution in [3.63, 3.8) is 0 Å². The first-order valence-corrected chi connectivity index (χ1v) is 6.46. The van der Waals surface area contributed by atoms with Gasteiger partial charge in [-0.05, 0) is 31.5 Å². The number of rotatable bonds is 1. The average Bonchev–Trinajstić information content (AvgIpc) is 2.68. The van der Waals surface area contributed by atoms with E-state index in [4.69, 9.17) is 4.74 Å². The zero-order valence-electron chi connectivity index (χ0n) is 9.61. The summed E-state index contributed by atoms with van der Waals surface area (Å²) in [6, 6.07) is 8.17. The SMILES string of the molecule is Cc1nn(-c2cccc(Br)c2)c2c1CCOC2. The quantitative estimate of drug-likeness (QED) is 0.808. The molecule has 88 valence electrons. The number of fused-ring (bicyclic) bond motifs is 1. The van der Waals surface area contributed by atoms with Crippen molar-refractivity contribution in [3.05, 3.63) is 45.7 Å². The molecule has 4 heteroatoms. The molecule has 0 bridgehead atoms. The van der Waals surface area contributed by atoms with E-state index in [9.17, 15) is 0 Å². The fraction of sp³-hybridized carbons (Fsp3) is 0.308. The third kappa shape index (κ3) is 1.91. The van der Waals surface area contributed by atoms with Gasteiger partial charge in [0.1, 0.15) is 0 Å². The van der Waals surface area contributed by atoms with Crippen LogP contribution in [-0.4, -0.2) is 16.4 Å². The molecule has 0 aliphatic carbocycles. The van der Waals surface area contributed by atoms with Crippen molar-refractivity contribution in [1.29, 1.82) is 0 Å². The van der Waals surface area contributed by atoms with Crippen molar-refractivity contribution < 1.29 is 4.74 Å². The Bertz CT molecular complexity index is 563. The van der Waals surface area contributed by atoms with Gasteiger partial charge in [-0.25, -0.2) is 4.68 Å². The normalized spacial score (nSPS) is 14.7. The van der Waals surface area contributed by atoms with Crippen molar-refractivity contribution in [2.45, 2.75) is 20.0 Å². The van der Waals surface area contributed by atoms with E-state index in [-0.39, 0.29) is 0 Å². The molecule has 2 aromatic rings. The smallest absolute Gasteiger partial charge is 0.0892 e. The van der Waals surface area contributed by atoms with Crippen LogP contribution in [0.3, 0.4) is 0 Å². The van der Waals surface area contributed by atoms with E-state index in [1.807, 2.05) is 16.8 Å². The number of aromatic nitrogens is 2. The lowest BCUT2D eigenvalue weighted by molar-refractivity contribution is 0.106. The van der Waals surface area contributed by atoms with Crippen LogP contribution in [0.1, 0.15) is 17.0 Å². The van der Waals surface area contributed by atoms with Crippen LogP contribution in [0.25, 0.3) is 5.69 Å². The zero-order chi connectivity index (χ0) is 11.8. The Labute approximate surface area is 109 Å². The minimum absolute atomic E-state index is 0.655. The van der Waals surface area contributed by atoms with Gasteiger partial charge < -0.3 is 4.74 Å². The first kappa shape index (κ1) is 11.0. The number of hydrogen-bond acceptors (Lipinski definition) is 2. The Kier molecular flexibility index (Phi) is 2.76. The topological polar surface area (TPSA) is 27.1 Å². The molecule has 0 N–H and O–H groups in total. The summed E-state index contributed by atoms with van der Waals surface area (Å²) < 4.78 is 8.59. The van der Waals surface area contributed by atoms with E-state index >= 15 is 0 Å². The largest absolute Gasteiger partial charge is 0.375 e. The van der Waals surface area contributed by atoms with Crippen molar-refractivity contribution in [2.75, 3.05) is 6.61 Å². The van der Waals surface area contributed by atoms with Gasteiger partial charge in [-0.2, -0.15) is 5.10 Å². The van der Waals surface area contributed by atoms with Crippen LogP contribution in [0, 0.1) is 6.92 Å². The van der Waals surface area contributed by atoms with Crippen LogP contribution in [0.4, 0.5) is 0 Å². The highest BCUT2D eigenvalue weighted by Crippen LogP contribution is 2.24. The zero-order valence-corrected chi connectivity index (χ0v) is 11.2. The maximum absolute atomic E-state index is 5.53. The lowest BCUT2D eigenvalue weighted by atomic mass is 10.1. The minimum atomic E-state index is 0.655. The van der Waals surface area contributed by atoms with Crippen LogP contribution < -0.4 is 0 Å². The summed E-state index contributed by atoms with van der Waals surface area (Å²) in [7, 11) is 0. The van der Waals surface area contributed by atoms with Gasteiger partial charge in [0.15, 0.2) is 0 Å². The molecule has 2 heterocycles. The van der Waals surface area contributed by atoms with Crippen LogP contribution in [0.5, 0.6) is 0 Å². The highest BCUT2D eigenvalue weighted by Gasteiger charge is 2.19. The van der Waals surface area contributed by atoms with Gasteiger partial charge in [-0.15, -0.1) is 0 Å². The summed E-state index contributed by atoms with van der Waals surface area (Å²) in [6.07, 6.45) is 0.967. The van der Waals surface area contributed by atoms with E-state index in [0.717, 1.165) is 28.9 Å². The molecule has 0 saturated carbocycles. The standard InChI is InChI=1S/C13H13BrN2O/c1-9-12-5-6-17-8-13(12)16(15-9)11-4-2-3-10(14)7-11/h2-4,7H,5-6,8H2,1H3. The van der Waals surface area contributed by atoms with E-state index in [1.165, 1.54) is 11.3 Å². The third-order valence-corrected chi connectivity index (χ3v) is 3.57. The maximum atomic E-state index is 5.53. The molecule has 3 nitrogen and oxygen atoms in total. The predicted octanol–water partition coefficient (Wildman–Crippen LogP) is 3.02. The first-order valence-electron chi connectivity index (χ1n) is 5.67. The summed E-state index contributed by atoms with van der Waals surface area (Å²) in [4.78, 5) is 0. The summed E-state index contributed by atoms with van der Waals surface area (Å²) in [5.41, 5.74) is 4.72. The highest BCUT2D eigenvalue weighted by molar-refractivity contribution is 9.10. The van der Waals surface area contributed by atoms with E-state index in [0.29, 0.717) is 6.61 Å². The van der Waals surface area contributed by atoms with Crippen molar-refractivity contribution in [1.82, 2.24) is 9.78 Å². The second kappa shape index (κ2) is 4.27. The summed E-state index contributed by atoms with van der Waals surface area (Å²) in [5, 5.41) is 4.62. The van der Waals surface area contributed by atoms with Gasteiger partial charge in [-0.3, -0.25) is 0 Å². The van der Waals surface area contributed by atoms with Gasteiger partial charge in [-0.1, -0.05) is 22.0 Å².